The van der Waals surface area contributed by atoms with Gasteiger partial charge >= 0.3 is 0 Å². The standard InChI is InChI=1S/C17H24ClN/c18-10-12-19-11-2-5-17(19)9-7-14-6-8-15-3-1-4-16(15)13-14/h6,8,13,17H,1-5,7,9-12H2/t17-/m1/s1. The first-order valence-electron chi connectivity index (χ1n) is 7.77. The number of likely N-dealkylation sites (tertiary alicyclic amines) is 1. The minimum absolute atomic E-state index is 0.770. The van der Waals surface area contributed by atoms with Gasteiger partial charge in [-0.15, -0.1) is 11.6 Å². The highest BCUT2D eigenvalue weighted by atomic mass is 35.5. The first kappa shape index (κ1) is 13.5. The maximum Gasteiger partial charge on any atom is 0.0351 e. The van der Waals surface area contributed by atoms with E-state index in [9.17, 15) is 0 Å². The zero-order chi connectivity index (χ0) is 13.1. The molecule has 19 heavy (non-hydrogen) atoms. The second-order valence-corrected chi connectivity index (χ2v) is 6.39. The van der Waals surface area contributed by atoms with Crippen molar-refractivity contribution in [1.29, 1.82) is 0 Å². The molecular weight excluding hydrogens is 254 g/mol. The van der Waals surface area contributed by atoms with E-state index in [2.05, 4.69) is 23.1 Å². The molecule has 1 aromatic rings. The molecule has 1 aliphatic carbocycles. The summed E-state index contributed by atoms with van der Waals surface area (Å²) < 4.78 is 0. The van der Waals surface area contributed by atoms with Crippen LogP contribution in [0, 0.1) is 0 Å². The number of halogens is 1. The Bertz CT molecular complexity index is 429. The van der Waals surface area contributed by atoms with Crippen molar-refractivity contribution < 1.29 is 0 Å². The molecule has 1 aromatic carbocycles. The second-order valence-electron chi connectivity index (χ2n) is 6.02. The summed E-state index contributed by atoms with van der Waals surface area (Å²) in [6, 6.07) is 7.95. The highest BCUT2D eigenvalue weighted by Gasteiger charge is 2.23. The van der Waals surface area contributed by atoms with Crippen molar-refractivity contribution in [1.82, 2.24) is 4.90 Å². The van der Waals surface area contributed by atoms with Crippen LogP contribution in [-0.2, 0) is 19.3 Å². The van der Waals surface area contributed by atoms with Crippen LogP contribution in [0.15, 0.2) is 18.2 Å². The van der Waals surface area contributed by atoms with Crippen molar-refractivity contribution in [2.45, 2.75) is 51.0 Å². The largest absolute Gasteiger partial charge is 0.299 e. The molecule has 1 atom stereocenters. The molecule has 0 aromatic heterocycles. The molecule has 104 valence electrons. The molecular formula is C17H24ClN. The Labute approximate surface area is 121 Å². The van der Waals surface area contributed by atoms with Crippen LogP contribution in [0.25, 0.3) is 0 Å². The van der Waals surface area contributed by atoms with Crippen LogP contribution in [0.4, 0.5) is 0 Å². The van der Waals surface area contributed by atoms with Crippen molar-refractivity contribution in [2.75, 3.05) is 19.0 Å². The fourth-order valence-electron chi connectivity index (χ4n) is 3.74. The smallest absolute Gasteiger partial charge is 0.0351 e. The van der Waals surface area contributed by atoms with Gasteiger partial charge in [0.1, 0.15) is 0 Å². The summed E-state index contributed by atoms with van der Waals surface area (Å²) in [4.78, 5) is 2.58. The van der Waals surface area contributed by atoms with Crippen LogP contribution in [0.3, 0.4) is 0 Å². The zero-order valence-corrected chi connectivity index (χ0v) is 12.5. The number of hydrogen-bond acceptors (Lipinski definition) is 1. The lowest BCUT2D eigenvalue weighted by atomic mass is 10.00. The van der Waals surface area contributed by atoms with Gasteiger partial charge in [0, 0.05) is 18.5 Å². The van der Waals surface area contributed by atoms with Gasteiger partial charge in [-0.2, -0.15) is 0 Å². The Hall–Kier alpha value is -0.530. The van der Waals surface area contributed by atoms with Crippen LogP contribution in [0.2, 0.25) is 0 Å². The van der Waals surface area contributed by atoms with Crippen LogP contribution >= 0.6 is 11.6 Å². The van der Waals surface area contributed by atoms with Crippen molar-refractivity contribution in [3.8, 4) is 0 Å². The van der Waals surface area contributed by atoms with Gasteiger partial charge in [-0.3, -0.25) is 4.90 Å². The highest BCUT2D eigenvalue weighted by molar-refractivity contribution is 6.18. The maximum atomic E-state index is 5.89. The monoisotopic (exact) mass is 277 g/mol. The fraction of sp³-hybridized carbons (Fsp3) is 0.647. The van der Waals surface area contributed by atoms with E-state index in [0.29, 0.717) is 0 Å². The predicted octanol–water partition coefficient (Wildman–Crippen LogP) is 3.81. The SMILES string of the molecule is ClCCN1CCC[C@@H]1CCc1ccc2c(c1)CCC2. The maximum absolute atomic E-state index is 5.89. The molecule has 0 spiro atoms. The van der Waals surface area contributed by atoms with Crippen molar-refractivity contribution in [3.63, 3.8) is 0 Å². The van der Waals surface area contributed by atoms with Gasteiger partial charge in [-0.1, -0.05) is 18.2 Å². The molecule has 1 nitrogen and oxygen atoms in total. The first-order valence-corrected chi connectivity index (χ1v) is 8.31. The van der Waals surface area contributed by atoms with Crippen LogP contribution < -0.4 is 0 Å². The Balaban J connectivity index is 1.57. The molecule has 1 fully saturated rings. The van der Waals surface area contributed by atoms with E-state index >= 15 is 0 Å². The zero-order valence-electron chi connectivity index (χ0n) is 11.7. The molecule has 1 saturated heterocycles. The van der Waals surface area contributed by atoms with Gasteiger partial charge < -0.3 is 0 Å². The molecule has 0 amide bonds. The third-order valence-corrected chi connectivity index (χ3v) is 4.97. The number of fused-ring (bicyclic) bond motifs is 1. The van der Waals surface area contributed by atoms with Gasteiger partial charge in [-0.25, -0.2) is 0 Å². The molecule has 3 rings (SSSR count). The Morgan fingerprint density at radius 1 is 1.16 bits per heavy atom. The number of rotatable bonds is 5. The highest BCUT2D eigenvalue weighted by Crippen LogP contribution is 2.25. The summed E-state index contributed by atoms with van der Waals surface area (Å²) in [5, 5.41) is 0. The summed E-state index contributed by atoms with van der Waals surface area (Å²) in [7, 11) is 0. The van der Waals surface area contributed by atoms with E-state index in [-0.39, 0.29) is 0 Å². The first-order chi connectivity index (χ1) is 9.36. The average molecular weight is 278 g/mol. The summed E-state index contributed by atoms with van der Waals surface area (Å²) in [5.74, 6) is 0.773. The number of alkyl halides is 1. The van der Waals surface area contributed by atoms with Crippen molar-refractivity contribution in [3.05, 3.63) is 34.9 Å². The topological polar surface area (TPSA) is 3.24 Å². The molecule has 2 heteroatoms. The molecule has 1 aliphatic heterocycles. The quantitative estimate of drug-likeness (QED) is 0.740. The fourth-order valence-corrected chi connectivity index (χ4v) is 3.96. The molecule has 1 heterocycles. The van der Waals surface area contributed by atoms with Crippen LogP contribution in [0.1, 0.15) is 42.4 Å². The van der Waals surface area contributed by atoms with E-state index in [1.807, 2.05) is 0 Å². The normalized spacial score (nSPS) is 22.9. The lowest BCUT2D eigenvalue weighted by Gasteiger charge is -2.23. The van der Waals surface area contributed by atoms with Gasteiger partial charge in [0.25, 0.3) is 0 Å². The number of benzene rings is 1. The summed E-state index contributed by atoms with van der Waals surface area (Å²) >= 11 is 5.89. The molecule has 0 unspecified atom stereocenters. The lowest BCUT2D eigenvalue weighted by molar-refractivity contribution is 0.257. The Morgan fingerprint density at radius 2 is 2.05 bits per heavy atom. The third-order valence-electron chi connectivity index (χ3n) is 4.80. The minimum atomic E-state index is 0.770. The number of nitrogens with zero attached hydrogens (tertiary/aromatic N) is 1. The van der Waals surface area contributed by atoms with Gasteiger partial charge in [0.15, 0.2) is 0 Å². The minimum Gasteiger partial charge on any atom is -0.299 e. The van der Waals surface area contributed by atoms with E-state index in [4.69, 9.17) is 11.6 Å². The van der Waals surface area contributed by atoms with E-state index in [1.165, 1.54) is 51.5 Å². The van der Waals surface area contributed by atoms with Crippen LogP contribution in [0.5, 0.6) is 0 Å². The van der Waals surface area contributed by atoms with Gasteiger partial charge in [0.05, 0.1) is 0 Å². The van der Waals surface area contributed by atoms with E-state index in [1.54, 1.807) is 16.7 Å². The number of hydrogen-bond donors (Lipinski definition) is 0. The van der Waals surface area contributed by atoms with Crippen LogP contribution in [-0.4, -0.2) is 29.9 Å². The predicted molar refractivity (Wildman–Crippen MR) is 82.1 cm³/mol. The Kier molecular flexibility index (Phi) is 4.45. The number of aryl methyl sites for hydroxylation is 3. The summed E-state index contributed by atoms with van der Waals surface area (Å²) in [6.07, 6.45) is 9.19. The van der Waals surface area contributed by atoms with E-state index < -0.39 is 0 Å². The Morgan fingerprint density at radius 3 is 2.95 bits per heavy atom. The average Bonchev–Trinajstić information content (AvgIpc) is 3.05. The molecule has 0 radical (unpaired) electrons. The van der Waals surface area contributed by atoms with Crippen molar-refractivity contribution in [2.24, 2.45) is 0 Å². The summed E-state index contributed by atoms with van der Waals surface area (Å²) in [5.41, 5.74) is 4.74. The molecule has 0 bridgehead atoms. The third kappa shape index (κ3) is 3.14. The lowest BCUT2D eigenvalue weighted by Crippen LogP contribution is -2.31. The molecule has 0 N–H and O–H groups in total. The second kappa shape index (κ2) is 6.28. The molecule has 2 aliphatic rings. The van der Waals surface area contributed by atoms with Crippen molar-refractivity contribution >= 4 is 11.6 Å². The summed E-state index contributed by atoms with van der Waals surface area (Å²) in [6.45, 7) is 2.32. The van der Waals surface area contributed by atoms with Gasteiger partial charge in [-0.05, 0) is 68.2 Å². The van der Waals surface area contributed by atoms with E-state index in [0.717, 1.165) is 18.5 Å². The molecule has 0 saturated carbocycles. The van der Waals surface area contributed by atoms with Gasteiger partial charge in [0.2, 0.25) is 0 Å².